The van der Waals surface area contributed by atoms with Gasteiger partial charge in [0, 0.05) is 6.04 Å². The van der Waals surface area contributed by atoms with Crippen LogP contribution in [0.5, 0.6) is 11.6 Å². The molecular formula is C26H28BrN5O. The van der Waals surface area contributed by atoms with E-state index in [1.165, 1.54) is 5.56 Å². The molecule has 1 fully saturated rings. The number of aryl methyl sites for hydroxylation is 2. The predicted octanol–water partition coefficient (Wildman–Crippen LogP) is 5.84. The van der Waals surface area contributed by atoms with Gasteiger partial charge in [0.15, 0.2) is 0 Å². The molecule has 2 aromatic carbocycles. The van der Waals surface area contributed by atoms with Crippen molar-refractivity contribution in [3.8, 4) is 17.7 Å². The van der Waals surface area contributed by atoms with E-state index in [4.69, 9.17) is 14.7 Å². The summed E-state index contributed by atoms with van der Waals surface area (Å²) in [4.78, 5) is 11.9. The average Bonchev–Trinajstić information content (AvgIpc) is 2.84. The SMILES string of the molecule is Cc1cc(C#N)cc(C)c1Oc1nc(N(C2CCNCC2)C(C)c2ccccc2)ncc1Br. The second-order valence-electron chi connectivity index (χ2n) is 8.45. The summed E-state index contributed by atoms with van der Waals surface area (Å²) in [5, 5.41) is 12.7. The largest absolute Gasteiger partial charge is 0.437 e. The Bertz CT molecular complexity index is 1130. The molecule has 1 aliphatic rings. The van der Waals surface area contributed by atoms with E-state index in [0.29, 0.717) is 33.7 Å². The van der Waals surface area contributed by atoms with Crippen LogP contribution in [0.15, 0.2) is 53.1 Å². The van der Waals surface area contributed by atoms with Gasteiger partial charge >= 0.3 is 0 Å². The molecule has 0 amide bonds. The highest BCUT2D eigenvalue weighted by Gasteiger charge is 2.29. The van der Waals surface area contributed by atoms with Crippen LogP contribution in [0.25, 0.3) is 0 Å². The molecular weight excluding hydrogens is 478 g/mol. The highest BCUT2D eigenvalue weighted by Crippen LogP contribution is 2.36. The number of hydrogen-bond donors (Lipinski definition) is 1. The Morgan fingerprint density at radius 2 is 1.82 bits per heavy atom. The maximum Gasteiger partial charge on any atom is 0.238 e. The second kappa shape index (κ2) is 10.3. The van der Waals surface area contributed by atoms with Crippen LogP contribution in [0, 0.1) is 25.2 Å². The Balaban J connectivity index is 1.72. The van der Waals surface area contributed by atoms with E-state index in [1.54, 1.807) is 6.20 Å². The number of nitriles is 1. The lowest BCUT2D eigenvalue weighted by Crippen LogP contribution is -2.45. The van der Waals surface area contributed by atoms with Crippen molar-refractivity contribution in [3.63, 3.8) is 0 Å². The van der Waals surface area contributed by atoms with E-state index in [-0.39, 0.29) is 6.04 Å². The van der Waals surface area contributed by atoms with Gasteiger partial charge in [0.2, 0.25) is 11.8 Å². The van der Waals surface area contributed by atoms with Crippen LogP contribution in [-0.2, 0) is 0 Å². The average molecular weight is 506 g/mol. The molecule has 0 aliphatic carbocycles. The molecule has 1 saturated heterocycles. The molecule has 0 radical (unpaired) electrons. The van der Waals surface area contributed by atoms with Crippen LogP contribution in [-0.4, -0.2) is 29.1 Å². The first-order valence-corrected chi connectivity index (χ1v) is 12.0. The molecule has 0 bridgehead atoms. The Labute approximate surface area is 203 Å². The molecule has 1 atom stereocenters. The van der Waals surface area contributed by atoms with Crippen molar-refractivity contribution in [1.29, 1.82) is 5.26 Å². The van der Waals surface area contributed by atoms with E-state index in [9.17, 15) is 5.26 Å². The fourth-order valence-electron chi connectivity index (χ4n) is 4.44. The van der Waals surface area contributed by atoms with Gasteiger partial charge < -0.3 is 15.0 Å². The lowest BCUT2D eigenvalue weighted by molar-refractivity contribution is 0.399. The van der Waals surface area contributed by atoms with Gasteiger partial charge in [0.1, 0.15) is 5.75 Å². The summed E-state index contributed by atoms with van der Waals surface area (Å²) in [6, 6.07) is 16.8. The molecule has 33 heavy (non-hydrogen) atoms. The molecule has 3 aromatic rings. The van der Waals surface area contributed by atoms with Gasteiger partial charge in [-0.25, -0.2) is 4.98 Å². The number of piperidine rings is 1. The molecule has 170 valence electrons. The lowest BCUT2D eigenvalue weighted by Gasteiger charge is -2.39. The Hall–Kier alpha value is -2.95. The molecule has 1 aliphatic heterocycles. The van der Waals surface area contributed by atoms with E-state index < -0.39 is 0 Å². The van der Waals surface area contributed by atoms with Crippen molar-refractivity contribution in [2.24, 2.45) is 0 Å². The van der Waals surface area contributed by atoms with Gasteiger partial charge in [-0.05, 0) is 91.5 Å². The number of hydrogen-bond acceptors (Lipinski definition) is 6. The first kappa shape index (κ1) is 23.2. The Kier molecular flexibility index (Phi) is 7.26. The summed E-state index contributed by atoms with van der Waals surface area (Å²) in [5.41, 5.74) is 3.63. The minimum Gasteiger partial charge on any atom is -0.437 e. The van der Waals surface area contributed by atoms with Gasteiger partial charge in [-0.1, -0.05) is 30.3 Å². The van der Waals surface area contributed by atoms with E-state index in [2.05, 4.69) is 63.4 Å². The lowest BCUT2D eigenvalue weighted by atomic mass is 10.00. The van der Waals surface area contributed by atoms with Gasteiger partial charge in [-0.3, -0.25) is 0 Å². The summed E-state index contributed by atoms with van der Waals surface area (Å²) in [5.74, 6) is 1.83. The summed E-state index contributed by atoms with van der Waals surface area (Å²) in [7, 11) is 0. The number of anilines is 1. The number of nitrogens with one attached hydrogen (secondary N) is 1. The molecule has 1 N–H and O–H groups in total. The zero-order valence-electron chi connectivity index (χ0n) is 19.2. The van der Waals surface area contributed by atoms with Gasteiger partial charge in [0.25, 0.3) is 0 Å². The third-order valence-corrected chi connectivity index (χ3v) is 6.66. The molecule has 6 nitrogen and oxygen atoms in total. The number of halogens is 1. The second-order valence-corrected chi connectivity index (χ2v) is 9.31. The molecule has 4 rings (SSSR count). The highest BCUT2D eigenvalue weighted by molar-refractivity contribution is 9.10. The summed E-state index contributed by atoms with van der Waals surface area (Å²) in [6.45, 7) is 8.05. The monoisotopic (exact) mass is 505 g/mol. The normalized spacial score (nSPS) is 15.0. The van der Waals surface area contributed by atoms with Crippen LogP contribution in [0.1, 0.15) is 48.1 Å². The number of ether oxygens (including phenoxy) is 1. The molecule has 0 spiro atoms. The predicted molar refractivity (Wildman–Crippen MR) is 134 cm³/mol. The first-order chi connectivity index (χ1) is 16.0. The zero-order valence-corrected chi connectivity index (χ0v) is 20.8. The third kappa shape index (κ3) is 5.18. The first-order valence-electron chi connectivity index (χ1n) is 11.2. The Morgan fingerprint density at radius 1 is 1.15 bits per heavy atom. The smallest absolute Gasteiger partial charge is 0.238 e. The van der Waals surface area contributed by atoms with Crippen LogP contribution in [0.3, 0.4) is 0 Å². The van der Waals surface area contributed by atoms with Crippen molar-refractivity contribution in [2.45, 2.75) is 45.7 Å². The molecule has 7 heteroatoms. The van der Waals surface area contributed by atoms with Crippen LogP contribution in [0.4, 0.5) is 5.95 Å². The minimum atomic E-state index is 0.113. The quantitative estimate of drug-likeness (QED) is 0.453. The van der Waals surface area contributed by atoms with Gasteiger partial charge in [-0.2, -0.15) is 10.2 Å². The van der Waals surface area contributed by atoms with Gasteiger partial charge in [-0.15, -0.1) is 0 Å². The maximum absolute atomic E-state index is 9.25. The molecule has 0 saturated carbocycles. The molecule has 2 heterocycles. The van der Waals surface area contributed by atoms with Crippen molar-refractivity contribution < 1.29 is 4.74 Å². The zero-order chi connectivity index (χ0) is 23.4. The van der Waals surface area contributed by atoms with Crippen LogP contribution < -0.4 is 15.0 Å². The summed E-state index contributed by atoms with van der Waals surface area (Å²) in [6.07, 6.45) is 3.82. The molecule has 1 aromatic heterocycles. The van der Waals surface area contributed by atoms with Crippen molar-refractivity contribution in [1.82, 2.24) is 15.3 Å². The van der Waals surface area contributed by atoms with Crippen molar-refractivity contribution in [2.75, 3.05) is 18.0 Å². The van der Waals surface area contributed by atoms with Crippen molar-refractivity contribution >= 4 is 21.9 Å². The summed E-state index contributed by atoms with van der Waals surface area (Å²) >= 11 is 3.56. The number of rotatable bonds is 6. The fraction of sp³-hybridized carbons (Fsp3) is 0.346. The summed E-state index contributed by atoms with van der Waals surface area (Å²) < 4.78 is 6.97. The number of nitrogens with zero attached hydrogens (tertiary/aromatic N) is 4. The standard InChI is InChI=1S/C26H28BrN5O/c1-17-13-20(15-28)14-18(2)24(17)33-25-23(27)16-30-26(31-25)32(22-9-11-29-12-10-22)19(3)21-7-5-4-6-8-21/h4-8,13-14,16,19,22,29H,9-12H2,1-3H3. The highest BCUT2D eigenvalue weighted by atomic mass is 79.9. The fourth-order valence-corrected chi connectivity index (χ4v) is 4.71. The Morgan fingerprint density at radius 3 is 2.45 bits per heavy atom. The van der Waals surface area contributed by atoms with E-state index in [1.807, 2.05) is 32.0 Å². The maximum atomic E-state index is 9.25. The number of benzene rings is 2. The van der Waals surface area contributed by atoms with Crippen LogP contribution in [0.2, 0.25) is 0 Å². The van der Waals surface area contributed by atoms with Crippen LogP contribution >= 0.6 is 15.9 Å². The topological polar surface area (TPSA) is 74.1 Å². The molecule has 1 unspecified atom stereocenters. The van der Waals surface area contributed by atoms with E-state index >= 15 is 0 Å². The number of aromatic nitrogens is 2. The minimum absolute atomic E-state index is 0.113. The van der Waals surface area contributed by atoms with Gasteiger partial charge in [0.05, 0.1) is 28.3 Å². The van der Waals surface area contributed by atoms with Crippen molar-refractivity contribution in [3.05, 3.63) is 75.4 Å². The van der Waals surface area contributed by atoms with E-state index in [0.717, 1.165) is 37.1 Å². The third-order valence-electron chi connectivity index (χ3n) is 6.12.